The number of hydrazine groups is 1. The molecule has 0 saturated heterocycles. The van der Waals surface area contributed by atoms with Crippen molar-refractivity contribution < 1.29 is 32.3 Å². The van der Waals surface area contributed by atoms with Crippen LogP contribution in [0.25, 0.3) is 0 Å². The Balaban J connectivity index is 3.27. The Morgan fingerprint density at radius 2 is 1.42 bits per heavy atom. The maximum Gasteiger partial charge on any atom is 0.337 e. The van der Waals surface area contributed by atoms with Crippen LogP contribution >= 0.6 is 0 Å². The number of nitrogens with one attached hydrogen (secondary N) is 2. The van der Waals surface area contributed by atoms with Crippen LogP contribution in [0.15, 0.2) is 23.1 Å². The highest BCUT2D eigenvalue weighted by molar-refractivity contribution is 7.89. The van der Waals surface area contributed by atoms with Crippen LogP contribution in [0.4, 0.5) is 0 Å². The quantitative estimate of drug-likeness (QED) is 0.550. The number of amides is 1. The fraction of sp³-hybridized carbons (Fsp3) is 0.357. The van der Waals surface area contributed by atoms with Gasteiger partial charge in [0.05, 0.1) is 30.2 Å². The molecule has 0 aliphatic heterocycles. The Kier molecular flexibility index (Phi) is 6.43. The molecule has 9 nitrogen and oxygen atoms in total. The summed E-state index contributed by atoms with van der Waals surface area (Å²) in [6, 6.07) is 3.17. The fourth-order valence-corrected chi connectivity index (χ4v) is 2.46. The summed E-state index contributed by atoms with van der Waals surface area (Å²) in [7, 11) is -1.99. The van der Waals surface area contributed by atoms with Crippen molar-refractivity contribution in [1.82, 2.24) is 10.3 Å². The van der Waals surface area contributed by atoms with E-state index in [4.69, 9.17) is 0 Å². The Labute approximate surface area is 139 Å². The lowest BCUT2D eigenvalue weighted by Crippen LogP contribution is -2.43. The highest BCUT2D eigenvalue weighted by Crippen LogP contribution is 2.17. The topological polar surface area (TPSA) is 128 Å². The molecule has 10 heteroatoms. The van der Waals surface area contributed by atoms with E-state index in [1.165, 1.54) is 0 Å². The summed E-state index contributed by atoms with van der Waals surface area (Å²) in [5.74, 6) is -2.65. The Morgan fingerprint density at radius 1 is 0.958 bits per heavy atom. The number of methoxy groups -OCH3 is 2. The van der Waals surface area contributed by atoms with Crippen LogP contribution in [0, 0.1) is 5.92 Å². The standard InChI is InChI=1S/C14H18N2O7S/c1-8(2)12(17)15-16-24(20,21)11-6-9(13(18)22-3)5-10(7-11)14(19)23-4/h5-8,16H,1-4H3,(H,15,17). The molecule has 0 bridgehead atoms. The van der Waals surface area contributed by atoms with Crippen molar-refractivity contribution in [1.29, 1.82) is 0 Å². The van der Waals surface area contributed by atoms with Gasteiger partial charge in [-0.3, -0.25) is 10.2 Å². The molecule has 0 heterocycles. The third kappa shape index (κ3) is 4.77. The van der Waals surface area contributed by atoms with E-state index >= 15 is 0 Å². The molecule has 1 rings (SSSR count). The number of rotatable bonds is 6. The molecule has 132 valence electrons. The molecule has 0 aliphatic rings. The number of benzene rings is 1. The maximum atomic E-state index is 12.3. The lowest BCUT2D eigenvalue weighted by molar-refractivity contribution is -0.124. The molecular formula is C14H18N2O7S. The predicted molar refractivity (Wildman–Crippen MR) is 82.4 cm³/mol. The number of carbonyl (C=O) groups is 3. The smallest absolute Gasteiger partial charge is 0.337 e. The van der Waals surface area contributed by atoms with Crippen LogP contribution < -0.4 is 10.3 Å². The molecule has 0 atom stereocenters. The molecule has 0 fully saturated rings. The second-order valence-corrected chi connectivity index (χ2v) is 6.66. The van der Waals surface area contributed by atoms with Gasteiger partial charge in [-0.2, -0.15) is 0 Å². The van der Waals surface area contributed by atoms with Gasteiger partial charge in [-0.05, 0) is 18.2 Å². The first-order chi connectivity index (χ1) is 11.1. The SMILES string of the molecule is COC(=O)c1cc(C(=O)OC)cc(S(=O)(=O)NNC(=O)C(C)C)c1. The van der Waals surface area contributed by atoms with Crippen molar-refractivity contribution in [3.8, 4) is 0 Å². The number of esters is 2. The van der Waals surface area contributed by atoms with E-state index in [-0.39, 0.29) is 11.1 Å². The molecule has 2 N–H and O–H groups in total. The first-order valence-corrected chi connectivity index (χ1v) is 8.24. The van der Waals surface area contributed by atoms with Crippen LogP contribution in [-0.4, -0.2) is 40.5 Å². The van der Waals surface area contributed by atoms with Crippen LogP contribution in [0.2, 0.25) is 0 Å². The number of sulfonamides is 1. The van der Waals surface area contributed by atoms with Gasteiger partial charge in [0.2, 0.25) is 5.91 Å². The number of hydrogen-bond donors (Lipinski definition) is 2. The largest absolute Gasteiger partial charge is 0.465 e. The van der Waals surface area contributed by atoms with Gasteiger partial charge in [0, 0.05) is 5.92 Å². The summed E-state index contributed by atoms with van der Waals surface area (Å²) in [5, 5.41) is 0. The zero-order valence-corrected chi connectivity index (χ0v) is 14.4. The third-order valence-electron chi connectivity index (χ3n) is 2.89. The average Bonchev–Trinajstić information content (AvgIpc) is 2.57. The molecular weight excluding hydrogens is 340 g/mol. The minimum Gasteiger partial charge on any atom is -0.465 e. The van der Waals surface area contributed by atoms with E-state index in [9.17, 15) is 22.8 Å². The van der Waals surface area contributed by atoms with E-state index < -0.39 is 38.7 Å². The lowest BCUT2D eigenvalue weighted by Gasteiger charge is -2.12. The summed E-state index contributed by atoms with van der Waals surface area (Å²) < 4.78 is 33.6. The zero-order valence-electron chi connectivity index (χ0n) is 13.6. The van der Waals surface area contributed by atoms with Crippen molar-refractivity contribution >= 4 is 27.9 Å². The van der Waals surface area contributed by atoms with Crippen LogP contribution in [0.1, 0.15) is 34.6 Å². The molecule has 0 unspecified atom stereocenters. The van der Waals surface area contributed by atoms with Crippen molar-refractivity contribution in [2.75, 3.05) is 14.2 Å². The average molecular weight is 358 g/mol. The van der Waals surface area contributed by atoms with Gasteiger partial charge < -0.3 is 9.47 Å². The van der Waals surface area contributed by atoms with Gasteiger partial charge in [0.25, 0.3) is 10.0 Å². The normalized spacial score (nSPS) is 11.0. The van der Waals surface area contributed by atoms with Gasteiger partial charge >= 0.3 is 11.9 Å². The van der Waals surface area contributed by atoms with Crippen molar-refractivity contribution in [2.24, 2.45) is 5.92 Å². The van der Waals surface area contributed by atoms with E-state index in [1.807, 2.05) is 10.3 Å². The minimum absolute atomic E-state index is 0.157. The van der Waals surface area contributed by atoms with Gasteiger partial charge in [-0.15, -0.1) is 4.83 Å². The van der Waals surface area contributed by atoms with Crippen molar-refractivity contribution in [2.45, 2.75) is 18.7 Å². The Hall–Kier alpha value is -2.46. The van der Waals surface area contributed by atoms with Crippen LogP contribution in [0.5, 0.6) is 0 Å². The van der Waals surface area contributed by atoms with Gasteiger partial charge in [0.1, 0.15) is 0 Å². The molecule has 0 spiro atoms. The number of carbonyl (C=O) groups excluding carboxylic acids is 3. The second-order valence-electron chi connectivity index (χ2n) is 4.98. The summed E-state index contributed by atoms with van der Waals surface area (Å²) in [6.45, 7) is 3.16. The predicted octanol–water partition coefficient (Wildman–Crippen LogP) is 0.225. The fourth-order valence-electron chi connectivity index (χ4n) is 1.55. The monoisotopic (exact) mass is 358 g/mol. The first kappa shape index (κ1) is 19.6. The molecule has 0 saturated carbocycles. The second kappa shape index (κ2) is 7.88. The molecule has 24 heavy (non-hydrogen) atoms. The zero-order chi connectivity index (χ0) is 18.5. The molecule has 1 aromatic carbocycles. The maximum absolute atomic E-state index is 12.3. The van der Waals surface area contributed by atoms with Crippen molar-refractivity contribution in [3.63, 3.8) is 0 Å². The minimum atomic E-state index is -4.21. The van der Waals surface area contributed by atoms with E-state index in [1.54, 1.807) is 13.8 Å². The Morgan fingerprint density at radius 3 is 1.79 bits per heavy atom. The molecule has 0 aliphatic carbocycles. The first-order valence-electron chi connectivity index (χ1n) is 6.75. The molecule has 0 aromatic heterocycles. The summed E-state index contributed by atoms with van der Waals surface area (Å²) in [4.78, 5) is 36.3. The van der Waals surface area contributed by atoms with E-state index in [2.05, 4.69) is 9.47 Å². The van der Waals surface area contributed by atoms with Crippen LogP contribution in [-0.2, 0) is 24.3 Å². The van der Waals surface area contributed by atoms with Crippen LogP contribution in [0.3, 0.4) is 0 Å². The van der Waals surface area contributed by atoms with E-state index in [0.717, 1.165) is 32.4 Å². The summed E-state index contributed by atoms with van der Waals surface area (Å²) in [6.07, 6.45) is 0. The van der Waals surface area contributed by atoms with Crippen molar-refractivity contribution in [3.05, 3.63) is 29.3 Å². The molecule has 0 radical (unpaired) electrons. The summed E-state index contributed by atoms with van der Waals surface area (Å²) in [5.41, 5.74) is 1.72. The molecule has 1 aromatic rings. The van der Waals surface area contributed by atoms with E-state index in [0.29, 0.717) is 0 Å². The number of ether oxygens (including phenoxy) is 2. The number of hydrogen-bond acceptors (Lipinski definition) is 7. The Bertz CT molecular complexity index is 722. The molecule has 1 amide bonds. The van der Waals surface area contributed by atoms with Gasteiger partial charge in [-0.1, -0.05) is 13.8 Å². The highest BCUT2D eigenvalue weighted by atomic mass is 32.2. The highest BCUT2D eigenvalue weighted by Gasteiger charge is 2.22. The van der Waals surface area contributed by atoms with Gasteiger partial charge in [0.15, 0.2) is 0 Å². The lowest BCUT2D eigenvalue weighted by atomic mass is 10.1. The van der Waals surface area contributed by atoms with Gasteiger partial charge in [-0.25, -0.2) is 18.0 Å². The third-order valence-corrected chi connectivity index (χ3v) is 4.12. The summed E-state index contributed by atoms with van der Waals surface area (Å²) >= 11 is 0.